The molecule has 0 aliphatic carbocycles. The molecule has 0 fully saturated rings. The summed E-state index contributed by atoms with van der Waals surface area (Å²) in [5.41, 5.74) is 6.87. The van der Waals surface area contributed by atoms with Crippen LogP contribution in [0.25, 0.3) is 21.8 Å². The van der Waals surface area contributed by atoms with Gasteiger partial charge in [-0.25, -0.2) is 0 Å². The topological polar surface area (TPSA) is 58.8 Å². The normalized spacial score (nSPS) is 12.1. The zero-order valence-electron chi connectivity index (χ0n) is 19.1. The zero-order valence-corrected chi connectivity index (χ0v) is 19.1. The second kappa shape index (κ2) is 9.98. The molecule has 0 saturated heterocycles. The van der Waals surface area contributed by atoms with Gasteiger partial charge < -0.3 is 19.8 Å². The highest BCUT2D eigenvalue weighted by atomic mass is 16.6. The molecule has 1 heterocycles. The van der Waals surface area contributed by atoms with Gasteiger partial charge >= 0.3 is 0 Å². The van der Waals surface area contributed by atoms with Crippen LogP contribution < -0.4 is 10.7 Å². The second-order valence-corrected chi connectivity index (χ2v) is 8.16. The van der Waals surface area contributed by atoms with Crippen LogP contribution in [-0.4, -0.2) is 23.3 Å². The predicted molar refractivity (Wildman–Crippen MR) is 130 cm³/mol. The molecule has 1 aromatic heterocycles. The number of aryl methyl sites for hydroxylation is 3. The highest BCUT2D eigenvalue weighted by Crippen LogP contribution is 2.26. The summed E-state index contributed by atoms with van der Waals surface area (Å²) in [5.74, 6) is 0. The monoisotopic (exact) mass is 429 g/mol. The number of aromatic nitrogens is 1. The maximum atomic E-state index is 10.0. The molecule has 0 aliphatic heterocycles. The number of benzene rings is 3. The molecule has 5 nitrogen and oxygen atoms in total. The number of hydrogen-bond donors (Lipinski definition) is 2. The average molecular weight is 430 g/mol. The molecule has 0 unspecified atom stereocenters. The van der Waals surface area contributed by atoms with Crippen molar-refractivity contribution in [3.05, 3.63) is 88.3 Å². The lowest BCUT2D eigenvalue weighted by Crippen LogP contribution is -2.19. The standard InChI is InChI=1S/C27H31N3O2/c1-19-13-14-23-26(29-32-3)25-22(18-31)11-7-12-24(25)30(27(23)20(19)2)16-8-15-28-17-21-9-5-4-6-10-21/h4-7,9-14,28,31H,8,15-18H2,1-3H3. The fourth-order valence-corrected chi connectivity index (χ4v) is 4.42. The molecule has 0 bridgehead atoms. The van der Waals surface area contributed by atoms with Gasteiger partial charge in [-0.1, -0.05) is 59.8 Å². The van der Waals surface area contributed by atoms with Crippen molar-refractivity contribution < 1.29 is 9.94 Å². The van der Waals surface area contributed by atoms with Gasteiger partial charge in [0.1, 0.15) is 12.5 Å². The van der Waals surface area contributed by atoms with Crippen molar-refractivity contribution in [2.24, 2.45) is 5.16 Å². The lowest BCUT2D eigenvalue weighted by Gasteiger charge is -2.20. The Morgan fingerprint density at radius 3 is 2.56 bits per heavy atom. The molecule has 0 radical (unpaired) electrons. The van der Waals surface area contributed by atoms with Crippen molar-refractivity contribution in [3.63, 3.8) is 0 Å². The van der Waals surface area contributed by atoms with E-state index in [4.69, 9.17) is 4.84 Å². The fraction of sp³-hybridized carbons (Fsp3) is 0.296. The van der Waals surface area contributed by atoms with Gasteiger partial charge in [0.05, 0.1) is 17.6 Å². The molecule has 4 rings (SSSR count). The van der Waals surface area contributed by atoms with Gasteiger partial charge in [-0.2, -0.15) is 0 Å². The number of rotatable bonds is 8. The van der Waals surface area contributed by atoms with E-state index in [0.29, 0.717) is 0 Å². The fourth-order valence-electron chi connectivity index (χ4n) is 4.42. The molecule has 0 saturated carbocycles. The van der Waals surface area contributed by atoms with Crippen molar-refractivity contribution in [1.82, 2.24) is 9.88 Å². The van der Waals surface area contributed by atoms with Gasteiger partial charge in [-0.3, -0.25) is 0 Å². The van der Waals surface area contributed by atoms with Gasteiger partial charge in [0.2, 0.25) is 0 Å². The van der Waals surface area contributed by atoms with Crippen LogP contribution in [0, 0.1) is 13.8 Å². The maximum Gasteiger partial charge on any atom is 0.121 e. The number of pyridine rings is 1. The van der Waals surface area contributed by atoms with Crippen LogP contribution in [0.1, 0.15) is 28.7 Å². The first kappa shape index (κ1) is 22.1. The van der Waals surface area contributed by atoms with E-state index in [1.54, 1.807) is 7.11 Å². The molecule has 0 atom stereocenters. The zero-order chi connectivity index (χ0) is 22.5. The highest BCUT2D eigenvalue weighted by Gasteiger charge is 2.15. The van der Waals surface area contributed by atoms with Gasteiger partial charge in [-0.05, 0) is 55.1 Å². The van der Waals surface area contributed by atoms with Gasteiger partial charge in [-0.15, -0.1) is 0 Å². The van der Waals surface area contributed by atoms with E-state index in [1.807, 2.05) is 18.2 Å². The number of nitrogens with one attached hydrogen (secondary N) is 1. The van der Waals surface area contributed by atoms with E-state index in [2.05, 4.69) is 71.4 Å². The third kappa shape index (κ3) is 4.27. The molecule has 0 spiro atoms. The molecule has 0 aliphatic rings. The Bertz CT molecular complexity index is 1290. The first-order valence-corrected chi connectivity index (χ1v) is 11.1. The summed E-state index contributed by atoms with van der Waals surface area (Å²) in [4.78, 5) is 5.23. The van der Waals surface area contributed by atoms with Crippen LogP contribution in [0.15, 0.2) is 65.8 Å². The smallest absolute Gasteiger partial charge is 0.121 e. The van der Waals surface area contributed by atoms with Crippen LogP contribution in [0.4, 0.5) is 0 Å². The molecular weight excluding hydrogens is 398 g/mol. The molecule has 166 valence electrons. The Labute approximate surface area is 189 Å². The quantitative estimate of drug-likeness (QED) is 0.246. The Morgan fingerprint density at radius 2 is 1.81 bits per heavy atom. The van der Waals surface area contributed by atoms with Crippen molar-refractivity contribution >= 4 is 21.8 Å². The van der Waals surface area contributed by atoms with Crippen LogP contribution in [-0.2, 0) is 24.5 Å². The van der Waals surface area contributed by atoms with Crippen LogP contribution in [0.5, 0.6) is 0 Å². The van der Waals surface area contributed by atoms with E-state index in [9.17, 15) is 5.11 Å². The van der Waals surface area contributed by atoms with Crippen molar-refractivity contribution in [1.29, 1.82) is 0 Å². The average Bonchev–Trinajstić information content (AvgIpc) is 2.82. The minimum atomic E-state index is -0.0431. The Morgan fingerprint density at radius 1 is 1.00 bits per heavy atom. The molecule has 32 heavy (non-hydrogen) atoms. The summed E-state index contributed by atoms with van der Waals surface area (Å²) in [5, 5.41) is 20.8. The summed E-state index contributed by atoms with van der Waals surface area (Å²) in [6, 6.07) is 20.8. The number of fused-ring (bicyclic) bond motifs is 2. The minimum Gasteiger partial charge on any atom is -0.399 e. The number of aliphatic hydroxyl groups is 1. The lowest BCUT2D eigenvalue weighted by molar-refractivity contribution is 0.201. The number of aliphatic hydroxyl groups excluding tert-OH is 1. The van der Waals surface area contributed by atoms with Gasteiger partial charge in [0.15, 0.2) is 0 Å². The summed E-state index contributed by atoms with van der Waals surface area (Å²) in [7, 11) is 1.57. The molecule has 5 heteroatoms. The van der Waals surface area contributed by atoms with Crippen LogP contribution >= 0.6 is 0 Å². The first-order chi connectivity index (χ1) is 15.7. The molecular formula is C27H31N3O2. The minimum absolute atomic E-state index is 0.0431. The summed E-state index contributed by atoms with van der Waals surface area (Å²) < 4.78 is 2.38. The summed E-state index contributed by atoms with van der Waals surface area (Å²) >= 11 is 0. The second-order valence-electron chi connectivity index (χ2n) is 8.16. The van der Waals surface area contributed by atoms with E-state index in [0.717, 1.165) is 53.3 Å². The Balaban J connectivity index is 1.77. The summed E-state index contributed by atoms with van der Waals surface area (Å²) in [6.45, 7) is 6.91. The Hall–Kier alpha value is -3.15. The van der Waals surface area contributed by atoms with Crippen molar-refractivity contribution in [2.45, 2.75) is 40.0 Å². The molecule has 3 aromatic carbocycles. The van der Waals surface area contributed by atoms with Gasteiger partial charge in [0.25, 0.3) is 0 Å². The third-order valence-electron chi connectivity index (χ3n) is 6.14. The maximum absolute atomic E-state index is 10.0. The van der Waals surface area contributed by atoms with E-state index in [-0.39, 0.29) is 6.61 Å². The number of hydrogen-bond acceptors (Lipinski definition) is 4. The Kier molecular flexibility index (Phi) is 6.88. The van der Waals surface area contributed by atoms with Crippen molar-refractivity contribution in [3.8, 4) is 0 Å². The molecule has 4 aromatic rings. The molecule has 2 N–H and O–H groups in total. The molecule has 0 amide bonds. The van der Waals surface area contributed by atoms with E-state index < -0.39 is 0 Å². The lowest BCUT2D eigenvalue weighted by atomic mass is 9.99. The van der Waals surface area contributed by atoms with Gasteiger partial charge in [0, 0.05) is 23.9 Å². The largest absolute Gasteiger partial charge is 0.399 e. The first-order valence-electron chi connectivity index (χ1n) is 11.1. The number of nitrogens with zero attached hydrogens (tertiary/aromatic N) is 2. The predicted octanol–water partition coefficient (Wildman–Crippen LogP) is 4.55. The van der Waals surface area contributed by atoms with Crippen molar-refractivity contribution in [2.75, 3.05) is 13.7 Å². The van der Waals surface area contributed by atoms with E-state index in [1.165, 1.54) is 22.2 Å². The van der Waals surface area contributed by atoms with Crippen LogP contribution in [0.3, 0.4) is 0 Å². The third-order valence-corrected chi connectivity index (χ3v) is 6.14. The summed E-state index contributed by atoms with van der Waals surface area (Å²) in [6.07, 6.45) is 0.985. The van der Waals surface area contributed by atoms with E-state index >= 15 is 0 Å². The van der Waals surface area contributed by atoms with Crippen LogP contribution in [0.2, 0.25) is 0 Å². The SMILES string of the molecule is CON=c1c2ccc(C)c(C)c2n(CCCNCc2ccccc2)c2cccc(CO)c12. The highest BCUT2D eigenvalue weighted by molar-refractivity contribution is 5.96.